The van der Waals surface area contributed by atoms with Crippen LogP contribution in [0.1, 0.15) is 32.1 Å². The summed E-state index contributed by atoms with van der Waals surface area (Å²) in [6, 6.07) is -0.674. The van der Waals surface area contributed by atoms with Gasteiger partial charge < -0.3 is 21.1 Å². The molecule has 2 fully saturated rings. The largest absolute Gasteiger partial charge is 0.481 e. The van der Waals surface area contributed by atoms with Crippen LogP contribution in [0.25, 0.3) is 0 Å². The average Bonchev–Trinajstić information content (AvgIpc) is 2.95. The number of hydrogen-bond donors (Lipinski definition) is 4. The smallest absolute Gasteiger partial charge is 0.315 e. The van der Waals surface area contributed by atoms with Gasteiger partial charge in [-0.1, -0.05) is 6.42 Å². The molecular formula is C12H19N3O4. The first-order valence-corrected chi connectivity index (χ1v) is 6.63. The molecule has 0 aromatic carbocycles. The Hall–Kier alpha value is -1.79. The van der Waals surface area contributed by atoms with Crippen molar-refractivity contribution in [2.45, 2.75) is 44.2 Å². The number of rotatable bonds is 4. The molecule has 0 aromatic heterocycles. The van der Waals surface area contributed by atoms with Crippen molar-refractivity contribution in [1.29, 1.82) is 0 Å². The Labute approximate surface area is 111 Å². The van der Waals surface area contributed by atoms with Gasteiger partial charge in [0.2, 0.25) is 5.91 Å². The lowest BCUT2D eigenvalue weighted by Gasteiger charge is -2.19. The lowest BCUT2D eigenvalue weighted by Crippen LogP contribution is -2.48. The molecule has 2 aliphatic rings. The van der Waals surface area contributed by atoms with E-state index in [2.05, 4.69) is 16.0 Å². The zero-order chi connectivity index (χ0) is 13.8. The normalized spacial score (nSPS) is 29.9. The van der Waals surface area contributed by atoms with E-state index in [1.807, 2.05) is 0 Å². The fraction of sp³-hybridized carbons (Fsp3) is 0.750. The quantitative estimate of drug-likeness (QED) is 0.567. The van der Waals surface area contributed by atoms with Crippen molar-refractivity contribution in [2.24, 2.45) is 5.92 Å². The molecule has 4 N–H and O–H groups in total. The fourth-order valence-corrected chi connectivity index (χ4v) is 2.69. The summed E-state index contributed by atoms with van der Waals surface area (Å²) in [7, 11) is 0. The Bertz CT molecular complexity index is 385. The van der Waals surface area contributed by atoms with E-state index in [0.29, 0.717) is 25.8 Å². The Morgan fingerprint density at radius 3 is 2.74 bits per heavy atom. The summed E-state index contributed by atoms with van der Waals surface area (Å²) in [6.45, 7) is 0.377. The van der Waals surface area contributed by atoms with Crippen LogP contribution in [0.5, 0.6) is 0 Å². The van der Waals surface area contributed by atoms with E-state index in [0.717, 1.165) is 12.8 Å². The molecule has 3 unspecified atom stereocenters. The fourth-order valence-electron chi connectivity index (χ4n) is 2.69. The van der Waals surface area contributed by atoms with Gasteiger partial charge in [-0.25, -0.2) is 4.79 Å². The molecule has 106 valence electrons. The van der Waals surface area contributed by atoms with Crippen molar-refractivity contribution < 1.29 is 19.5 Å². The maximum absolute atomic E-state index is 11.7. The Morgan fingerprint density at radius 2 is 2.11 bits per heavy atom. The molecule has 1 aliphatic carbocycles. The summed E-state index contributed by atoms with van der Waals surface area (Å²) in [5.41, 5.74) is 0. The van der Waals surface area contributed by atoms with E-state index in [1.165, 1.54) is 0 Å². The molecule has 0 aromatic rings. The zero-order valence-electron chi connectivity index (χ0n) is 10.6. The summed E-state index contributed by atoms with van der Waals surface area (Å²) in [5.74, 6) is -1.34. The molecule has 19 heavy (non-hydrogen) atoms. The first-order chi connectivity index (χ1) is 9.06. The number of carboxylic acids is 1. The summed E-state index contributed by atoms with van der Waals surface area (Å²) in [5, 5.41) is 17.1. The van der Waals surface area contributed by atoms with Crippen LogP contribution in [0.15, 0.2) is 0 Å². The van der Waals surface area contributed by atoms with Gasteiger partial charge in [0.05, 0.1) is 5.92 Å². The summed E-state index contributed by atoms with van der Waals surface area (Å²) >= 11 is 0. The summed E-state index contributed by atoms with van der Waals surface area (Å²) in [4.78, 5) is 33.6. The predicted molar refractivity (Wildman–Crippen MR) is 66.5 cm³/mol. The molecule has 3 atom stereocenters. The monoisotopic (exact) mass is 269 g/mol. The minimum absolute atomic E-state index is 0.00828. The third-order valence-corrected chi connectivity index (χ3v) is 3.74. The topological polar surface area (TPSA) is 108 Å². The van der Waals surface area contributed by atoms with Gasteiger partial charge in [-0.2, -0.15) is 0 Å². The maximum atomic E-state index is 11.7. The second kappa shape index (κ2) is 5.90. The van der Waals surface area contributed by atoms with Crippen LogP contribution in [0.2, 0.25) is 0 Å². The number of aliphatic carboxylic acids is 1. The number of carbonyl (C=O) groups excluding carboxylic acids is 2. The van der Waals surface area contributed by atoms with Crippen LogP contribution >= 0.6 is 0 Å². The van der Waals surface area contributed by atoms with Crippen molar-refractivity contribution in [3.63, 3.8) is 0 Å². The Morgan fingerprint density at radius 1 is 1.32 bits per heavy atom. The van der Waals surface area contributed by atoms with Crippen molar-refractivity contribution in [2.75, 3.05) is 6.54 Å². The molecule has 0 radical (unpaired) electrons. The average molecular weight is 269 g/mol. The molecule has 1 aliphatic heterocycles. The first-order valence-electron chi connectivity index (χ1n) is 6.63. The molecule has 3 amide bonds. The summed E-state index contributed by atoms with van der Waals surface area (Å²) < 4.78 is 0. The van der Waals surface area contributed by atoms with Crippen LogP contribution in [0.4, 0.5) is 4.79 Å². The highest BCUT2D eigenvalue weighted by molar-refractivity contribution is 5.79. The molecular weight excluding hydrogens is 250 g/mol. The van der Waals surface area contributed by atoms with Gasteiger partial charge in [-0.05, 0) is 19.3 Å². The molecule has 1 saturated carbocycles. The number of carboxylic acid groups (broad SMARTS) is 1. The highest BCUT2D eigenvalue weighted by atomic mass is 16.4. The lowest BCUT2D eigenvalue weighted by molar-refractivity contribution is -0.142. The third-order valence-electron chi connectivity index (χ3n) is 3.74. The molecule has 0 spiro atoms. The number of nitrogens with one attached hydrogen (secondary N) is 3. The minimum atomic E-state index is -0.856. The van der Waals surface area contributed by atoms with E-state index in [1.54, 1.807) is 0 Å². The number of hydrogen-bond acceptors (Lipinski definition) is 3. The zero-order valence-corrected chi connectivity index (χ0v) is 10.6. The van der Waals surface area contributed by atoms with E-state index in [4.69, 9.17) is 5.11 Å². The molecule has 1 heterocycles. The van der Waals surface area contributed by atoms with Crippen LogP contribution in [-0.2, 0) is 9.59 Å². The van der Waals surface area contributed by atoms with Crippen LogP contribution in [-0.4, -0.2) is 41.6 Å². The van der Waals surface area contributed by atoms with Gasteiger partial charge in [0.25, 0.3) is 0 Å². The maximum Gasteiger partial charge on any atom is 0.315 e. The van der Waals surface area contributed by atoms with Crippen molar-refractivity contribution in [3.05, 3.63) is 0 Å². The van der Waals surface area contributed by atoms with Gasteiger partial charge in [0.1, 0.15) is 0 Å². The first kappa shape index (κ1) is 13.6. The van der Waals surface area contributed by atoms with Gasteiger partial charge in [-0.3, -0.25) is 9.59 Å². The van der Waals surface area contributed by atoms with Crippen molar-refractivity contribution >= 4 is 17.9 Å². The lowest BCUT2D eigenvalue weighted by atomic mass is 10.0. The molecule has 7 heteroatoms. The molecule has 2 rings (SSSR count). The molecule has 0 bridgehead atoms. The highest BCUT2D eigenvalue weighted by Gasteiger charge is 2.34. The standard InChI is InChI=1S/C12H19N3O4/c16-10-5-4-7(14-10)6-13-12(19)15-9-3-1-2-8(9)11(17)18/h7-9H,1-6H2,(H,14,16)(H,17,18)(H2,13,15,19). The van der Waals surface area contributed by atoms with E-state index in [9.17, 15) is 14.4 Å². The minimum Gasteiger partial charge on any atom is -0.481 e. The second-order valence-corrected chi connectivity index (χ2v) is 5.14. The van der Waals surface area contributed by atoms with Crippen LogP contribution < -0.4 is 16.0 Å². The van der Waals surface area contributed by atoms with Gasteiger partial charge >= 0.3 is 12.0 Å². The number of urea groups is 1. The highest BCUT2D eigenvalue weighted by Crippen LogP contribution is 2.25. The number of carbonyl (C=O) groups is 3. The third kappa shape index (κ3) is 3.59. The van der Waals surface area contributed by atoms with Crippen molar-refractivity contribution in [3.8, 4) is 0 Å². The number of amides is 3. The molecule has 7 nitrogen and oxygen atoms in total. The van der Waals surface area contributed by atoms with E-state index >= 15 is 0 Å². The van der Waals surface area contributed by atoms with E-state index < -0.39 is 11.9 Å². The second-order valence-electron chi connectivity index (χ2n) is 5.14. The summed E-state index contributed by atoms with van der Waals surface area (Å²) in [6.07, 6.45) is 3.35. The van der Waals surface area contributed by atoms with Crippen molar-refractivity contribution in [1.82, 2.24) is 16.0 Å². The predicted octanol–water partition coefficient (Wildman–Crippen LogP) is -0.182. The van der Waals surface area contributed by atoms with Gasteiger partial charge in [0, 0.05) is 25.0 Å². The Balaban J connectivity index is 1.72. The van der Waals surface area contributed by atoms with Gasteiger partial charge in [-0.15, -0.1) is 0 Å². The van der Waals surface area contributed by atoms with Gasteiger partial charge in [0.15, 0.2) is 0 Å². The Kier molecular flexibility index (Phi) is 4.24. The molecule has 1 saturated heterocycles. The van der Waals surface area contributed by atoms with E-state index in [-0.39, 0.29) is 24.0 Å². The van der Waals surface area contributed by atoms with Crippen LogP contribution in [0, 0.1) is 5.92 Å². The SMILES string of the molecule is O=C1CCC(CNC(=O)NC2CCCC2C(=O)O)N1. The van der Waals surface area contributed by atoms with Crippen LogP contribution in [0.3, 0.4) is 0 Å².